The van der Waals surface area contributed by atoms with E-state index < -0.39 is 244 Å². The van der Waals surface area contributed by atoms with Gasteiger partial charge in [0.1, 0.15) is 89.0 Å². The standard InChI is InChI=1S/C95H137B4N18O22P4/c1-55(2)38-65(87(131)104-51-81(125)140-97-10)114-92(136)70(43-61-28-20-15-21-29-61)110-78(122)48-101-76(120)46-73(91(135)103-50-80(124)112-72(45-63-32-24-17-25-33-63)95(139)116-67(40-57(5)6)89(133)106-53-83(127)142-99-12)113-85(129)59(9)34-36-75(119)108-64(86(130)102-49-79(123)111-71(44-62-30-22-16-23-31-62)94(138)115-66(39-56(3)4)88(132)105-52-82(126)141-98-11)35-37-74(118)100-47-77(121)109-69(42-60-26-18-14-19-27-60)93(137)117-68(41-58(7)8)90(134)107-54-84(128)143(13)96/h14-33,55-59,64-73,140-142H,34-54H2,1-13H3,(H,100,118)(H,101,120)(H,102,130)(H,103,135)(H,104,131)(H,105,132)(H,106,133)(H,107,134)(H,108,119)(H,109,121)(H,110,122)(H,111,123)(H,112,124)(H,113,129)(H,114,136)(H,115,138)(H,116,139)(H,117,137). The van der Waals surface area contributed by atoms with E-state index in [2.05, 4.69) is 95.7 Å². The zero-order valence-electron chi connectivity index (χ0n) is 83.3. The van der Waals surface area contributed by atoms with Gasteiger partial charge in [0.2, 0.25) is 106 Å². The molecule has 15 atom stereocenters. The van der Waals surface area contributed by atoms with Gasteiger partial charge in [-0.05, 0) is 91.1 Å². The van der Waals surface area contributed by atoms with E-state index in [0.717, 1.165) is 0 Å². The smallest absolute Gasteiger partial charge is 0.243 e. The lowest BCUT2D eigenvalue weighted by molar-refractivity contribution is -0.135. The number of hydrogen-bond donors (Lipinski definition) is 18. The van der Waals surface area contributed by atoms with Gasteiger partial charge in [-0.25, -0.2) is 0 Å². The van der Waals surface area contributed by atoms with E-state index >= 15 is 0 Å². The van der Waals surface area contributed by atoms with Crippen LogP contribution in [0.2, 0.25) is 20.5 Å². The Balaban J connectivity index is 1.71. The fourth-order valence-electron chi connectivity index (χ4n) is 14.1. The lowest BCUT2D eigenvalue weighted by Gasteiger charge is -2.25. The van der Waals surface area contributed by atoms with Crippen molar-refractivity contribution in [3.05, 3.63) is 144 Å². The molecule has 0 aliphatic carbocycles. The fourth-order valence-corrected chi connectivity index (χ4v) is 16.0. The van der Waals surface area contributed by atoms with Crippen LogP contribution in [0.25, 0.3) is 0 Å². The first kappa shape index (κ1) is 123. The van der Waals surface area contributed by atoms with Crippen LogP contribution in [-0.2, 0) is 131 Å². The van der Waals surface area contributed by atoms with Crippen molar-refractivity contribution in [2.75, 3.05) is 59.0 Å². The Kier molecular flexibility index (Phi) is 58.2. The van der Waals surface area contributed by atoms with Crippen molar-refractivity contribution >= 4 is 190 Å². The van der Waals surface area contributed by atoms with E-state index in [1.807, 2.05) is 0 Å². The predicted octanol–water partition coefficient (Wildman–Crippen LogP) is -0.155. The Bertz CT molecular complexity index is 4940. The molecule has 143 heavy (non-hydrogen) atoms. The summed E-state index contributed by atoms with van der Waals surface area (Å²) >= 11 is 0. The Morgan fingerprint density at radius 3 is 0.797 bits per heavy atom. The summed E-state index contributed by atoms with van der Waals surface area (Å²) in [7, 11) is 3.68. The third-order valence-corrected chi connectivity index (χ3v) is 24.7. The minimum atomic E-state index is -1.92. The summed E-state index contributed by atoms with van der Waals surface area (Å²) < 4.78 is 0. The normalized spacial score (nSPS) is 13.7. The van der Waals surface area contributed by atoms with Crippen LogP contribution < -0.4 is 95.7 Å². The molecule has 0 spiro atoms. The van der Waals surface area contributed by atoms with Gasteiger partial charge >= 0.3 is 0 Å². The highest BCUT2D eigenvalue weighted by Gasteiger charge is 2.36. The Labute approximate surface area is 845 Å². The van der Waals surface area contributed by atoms with Crippen molar-refractivity contribution in [1.29, 1.82) is 0 Å². The van der Waals surface area contributed by atoms with E-state index in [1.54, 1.807) is 218 Å². The van der Waals surface area contributed by atoms with Crippen molar-refractivity contribution in [1.82, 2.24) is 95.7 Å². The lowest BCUT2D eigenvalue weighted by atomic mass is 10.0. The second kappa shape index (κ2) is 67.5. The fraction of sp³-hybridized carbons (Fsp3) is 0.516. The van der Waals surface area contributed by atoms with E-state index in [0.29, 0.717) is 22.3 Å². The second-order valence-electron chi connectivity index (χ2n) is 35.8. The molecule has 0 saturated carbocycles. The molecule has 0 saturated heterocycles. The molecule has 18 amide bonds. The molecule has 15 unspecified atom stereocenters. The number of nitrogens with one attached hydrogen (secondary N) is 18. The summed E-state index contributed by atoms with van der Waals surface area (Å²) in [6.45, 7) is 22.5. The molecule has 48 heteroatoms. The first-order valence-corrected chi connectivity index (χ1v) is 52.5. The van der Waals surface area contributed by atoms with Crippen LogP contribution in [0.1, 0.15) is 142 Å². The molecule has 4 aromatic carbocycles. The van der Waals surface area contributed by atoms with Crippen molar-refractivity contribution in [2.45, 2.75) is 227 Å². The molecule has 4 aromatic rings. The monoisotopic (exact) mass is 2050 g/mol. The number of carbonyl (C=O) groups is 22. The Morgan fingerprint density at radius 2 is 0.510 bits per heavy atom. The van der Waals surface area contributed by atoms with Gasteiger partial charge in [-0.1, -0.05) is 237 Å². The molecule has 0 aliphatic heterocycles. The highest BCUT2D eigenvalue weighted by atomic mass is 31.1. The zero-order valence-corrected chi connectivity index (χ0v) is 87.2. The quantitative estimate of drug-likeness (QED) is 0.0202. The molecule has 40 nitrogen and oxygen atoms in total. The molecular weight excluding hydrogens is 1910 g/mol. The van der Waals surface area contributed by atoms with Crippen LogP contribution in [0.5, 0.6) is 0 Å². The molecule has 0 heterocycles. The second-order valence-corrected chi connectivity index (χ2v) is 41.8. The minimum Gasteiger partial charge on any atom is -0.347 e. The van der Waals surface area contributed by atoms with Crippen LogP contribution in [0, 0.1) is 29.6 Å². The maximum atomic E-state index is 14.6. The third kappa shape index (κ3) is 51.7. The molecule has 5 radical (unpaired) electrons. The Morgan fingerprint density at radius 1 is 0.266 bits per heavy atom. The van der Waals surface area contributed by atoms with Crippen LogP contribution in [0.3, 0.4) is 0 Å². The van der Waals surface area contributed by atoms with Crippen molar-refractivity contribution < 1.29 is 105 Å². The summed E-state index contributed by atoms with van der Waals surface area (Å²) in [4.78, 5) is 303. The van der Waals surface area contributed by atoms with Gasteiger partial charge in [-0.15, -0.1) is 0 Å². The van der Waals surface area contributed by atoms with Gasteiger partial charge in [0.25, 0.3) is 0 Å². The van der Waals surface area contributed by atoms with E-state index in [9.17, 15) is 105 Å². The van der Waals surface area contributed by atoms with E-state index in [-0.39, 0.29) is 143 Å². The zero-order chi connectivity index (χ0) is 106. The summed E-state index contributed by atoms with van der Waals surface area (Å²) in [5.41, 5.74) is 1.08. The molecule has 18 N–H and O–H groups in total. The van der Waals surface area contributed by atoms with Gasteiger partial charge in [0, 0.05) is 44.4 Å². The average molecular weight is 2050 g/mol. The minimum absolute atomic E-state index is 0.103. The van der Waals surface area contributed by atoms with Crippen LogP contribution in [0.15, 0.2) is 121 Å². The number of hydrogen-bond acceptors (Lipinski definition) is 22. The summed E-state index contributed by atoms with van der Waals surface area (Å²) in [6.07, 6.45) is -3.22. The summed E-state index contributed by atoms with van der Waals surface area (Å²) in [6, 6.07) is 19.9. The first-order valence-electron chi connectivity index (χ1n) is 47.4. The molecule has 4 rings (SSSR count). The SMILES string of the molecule is [B]P(C)C(=O)CNC(=O)C(CC(C)C)NC(=O)C(Cc1ccccc1)NC(=O)CNC(=O)CCC(NC(=O)CCC(C)C(=O)NC(CC(=O)NCC(=O)NC(Cc1ccccc1)C(=O)NC(CC(C)C)C(=O)NCC(=O)P[B]C)C(=O)NCC(=O)NC(Cc1ccccc1)C(=O)NC(CC(C)C)C(=O)NCC(=O)P[B]C)C(=O)NCC(=O)NC(Cc1ccccc1)C(=O)NC(CC(C)C)C(=O)NCC(=O)P[B]C. The van der Waals surface area contributed by atoms with Gasteiger partial charge in [0.15, 0.2) is 22.1 Å². The third-order valence-electron chi connectivity index (χ3n) is 21.4. The number of benzene rings is 4. The number of amides is 18. The molecule has 0 bridgehead atoms. The number of rotatable bonds is 68. The Hall–Kier alpha value is -12.0. The van der Waals surface area contributed by atoms with Gasteiger partial charge < -0.3 is 95.7 Å². The molecular formula is C95H137B4N18O22P4. The molecule has 0 fully saturated rings. The largest absolute Gasteiger partial charge is 0.347 e. The van der Waals surface area contributed by atoms with E-state index in [4.69, 9.17) is 7.57 Å². The highest BCUT2D eigenvalue weighted by Crippen LogP contribution is 2.24. The van der Waals surface area contributed by atoms with Crippen molar-refractivity contribution in [3.63, 3.8) is 0 Å². The van der Waals surface area contributed by atoms with Gasteiger partial charge in [-0.2, -0.15) is 0 Å². The van der Waals surface area contributed by atoms with Crippen LogP contribution in [-0.4, -0.2) is 276 Å². The average Bonchev–Trinajstić information content (AvgIpc) is 0.870. The summed E-state index contributed by atoms with van der Waals surface area (Å²) in [5.74, 6) is -17.8. The lowest BCUT2D eigenvalue weighted by Crippen LogP contribution is -2.57. The maximum absolute atomic E-state index is 14.6. The van der Waals surface area contributed by atoms with Crippen molar-refractivity contribution in [3.8, 4) is 0 Å². The topological polar surface area (TPSA) is 592 Å². The van der Waals surface area contributed by atoms with Crippen LogP contribution in [0.4, 0.5) is 0 Å². The molecule has 771 valence electrons. The van der Waals surface area contributed by atoms with E-state index in [1.165, 1.54) is 13.6 Å². The molecule has 0 aliphatic rings. The van der Waals surface area contributed by atoms with Gasteiger partial charge in [-0.3, -0.25) is 105 Å². The summed E-state index contributed by atoms with van der Waals surface area (Å²) in [5, 5.41) is 45.9. The predicted molar refractivity (Wildman–Crippen MR) is 552 cm³/mol. The maximum Gasteiger partial charge on any atom is 0.243 e. The molecule has 0 aromatic heterocycles. The van der Waals surface area contributed by atoms with Crippen LogP contribution >= 0.6 is 33.2 Å². The van der Waals surface area contributed by atoms with Gasteiger partial charge in [0.05, 0.1) is 58.8 Å². The first-order chi connectivity index (χ1) is 67.8. The number of carbonyl (C=O) groups excluding carboxylic acids is 22. The van der Waals surface area contributed by atoms with Crippen molar-refractivity contribution in [2.24, 2.45) is 29.6 Å². The highest BCUT2D eigenvalue weighted by molar-refractivity contribution is 7.94.